The van der Waals surface area contributed by atoms with Crippen LogP contribution in [0, 0.1) is 0 Å². The Hall–Kier alpha value is -2.61. The van der Waals surface area contributed by atoms with E-state index in [1.165, 1.54) is 0 Å². The van der Waals surface area contributed by atoms with E-state index in [1.807, 2.05) is 37.9 Å². The predicted octanol–water partition coefficient (Wildman–Crippen LogP) is 1.97. The van der Waals surface area contributed by atoms with Gasteiger partial charge in [0.1, 0.15) is 11.6 Å². The summed E-state index contributed by atoms with van der Waals surface area (Å²) in [7, 11) is 0. The summed E-state index contributed by atoms with van der Waals surface area (Å²) in [6.45, 7) is 6.82. The summed E-state index contributed by atoms with van der Waals surface area (Å²) in [5.74, 6) is 0. The van der Waals surface area contributed by atoms with Crippen molar-refractivity contribution in [3.63, 3.8) is 0 Å². The van der Waals surface area contributed by atoms with Crippen LogP contribution in [0.5, 0.6) is 0 Å². The highest BCUT2D eigenvalue weighted by atomic mass is 16.6. The van der Waals surface area contributed by atoms with Gasteiger partial charge < -0.3 is 9.75 Å². The van der Waals surface area contributed by atoms with Crippen molar-refractivity contribution in [1.82, 2.24) is 20.6 Å². The Balaban J connectivity index is 1.71. The van der Waals surface area contributed by atoms with E-state index in [-0.39, 0.29) is 12.1 Å². The molecule has 2 aliphatic heterocycles. The van der Waals surface area contributed by atoms with Crippen LogP contribution in [0.3, 0.4) is 0 Å². The molecule has 8 heteroatoms. The van der Waals surface area contributed by atoms with Crippen LogP contribution >= 0.6 is 0 Å². The first kappa shape index (κ1) is 14.9. The first-order valence-electron chi connectivity index (χ1n) is 7.96. The molecule has 1 atom stereocenters. The summed E-state index contributed by atoms with van der Waals surface area (Å²) in [4.78, 5) is 18.8. The molecule has 4 heterocycles. The lowest BCUT2D eigenvalue weighted by Gasteiger charge is -2.35. The highest BCUT2D eigenvalue weighted by Gasteiger charge is 2.39. The fourth-order valence-corrected chi connectivity index (χ4v) is 3.09. The van der Waals surface area contributed by atoms with Crippen LogP contribution in [0.15, 0.2) is 24.5 Å². The fourth-order valence-electron chi connectivity index (χ4n) is 3.09. The maximum atomic E-state index is 12.6. The maximum absolute atomic E-state index is 12.6. The largest absolute Gasteiger partial charge is 0.443 e. The van der Waals surface area contributed by atoms with Gasteiger partial charge in [0.05, 0.1) is 29.3 Å². The molecule has 2 aromatic rings. The molecule has 24 heavy (non-hydrogen) atoms. The summed E-state index contributed by atoms with van der Waals surface area (Å²) >= 11 is 0. The van der Waals surface area contributed by atoms with Gasteiger partial charge in [0.15, 0.2) is 0 Å². The summed E-state index contributed by atoms with van der Waals surface area (Å²) in [5.41, 5.74) is 6.46. The maximum Gasteiger partial charge on any atom is 0.414 e. The molecule has 1 unspecified atom stereocenters. The van der Waals surface area contributed by atoms with Gasteiger partial charge in [-0.3, -0.25) is 15.0 Å². The molecule has 2 aromatic heterocycles. The first-order chi connectivity index (χ1) is 11.4. The molecule has 2 aliphatic rings. The summed E-state index contributed by atoms with van der Waals surface area (Å²) in [6.07, 6.45) is 3.11. The van der Waals surface area contributed by atoms with E-state index >= 15 is 0 Å². The minimum atomic E-state index is -0.527. The van der Waals surface area contributed by atoms with E-state index in [2.05, 4.69) is 20.6 Å². The van der Waals surface area contributed by atoms with E-state index < -0.39 is 5.60 Å². The van der Waals surface area contributed by atoms with Crippen LogP contribution in [-0.2, 0) is 4.74 Å². The van der Waals surface area contributed by atoms with Crippen molar-refractivity contribution in [2.24, 2.45) is 0 Å². The van der Waals surface area contributed by atoms with Crippen molar-refractivity contribution in [3.8, 4) is 0 Å². The Morgan fingerprint density at radius 2 is 2.12 bits per heavy atom. The Bertz CT molecular complexity index is 767. The van der Waals surface area contributed by atoms with Crippen molar-refractivity contribution in [2.45, 2.75) is 32.4 Å². The smallest absolute Gasteiger partial charge is 0.414 e. The van der Waals surface area contributed by atoms with Crippen LogP contribution in [0.2, 0.25) is 0 Å². The molecule has 0 bridgehead atoms. The number of nitrogens with one attached hydrogen (secondary N) is 2. The first-order valence-corrected chi connectivity index (χ1v) is 7.96. The number of H-pyrrole nitrogens is 1. The zero-order valence-corrected chi connectivity index (χ0v) is 13.9. The molecule has 0 fully saturated rings. The molecule has 1 amide bonds. The van der Waals surface area contributed by atoms with E-state index in [9.17, 15) is 4.79 Å². The molecule has 0 saturated carbocycles. The molecule has 8 nitrogen and oxygen atoms in total. The lowest BCUT2D eigenvalue weighted by Crippen LogP contribution is -2.48. The Kier molecular flexibility index (Phi) is 3.24. The lowest BCUT2D eigenvalue weighted by atomic mass is 10.1. The second-order valence-corrected chi connectivity index (χ2v) is 6.92. The number of rotatable bonds is 1. The third-order valence-electron chi connectivity index (χ3n) is 4.04. The summed E-state index contributed by atoms with van der Waals surface area (Å²) < 4.78 is 5.54. The Labute approximate surface area is 139 Å². The average Bonchev–Trinajstić information content (AvgIpc) is 3.14. The molecule has 0 saturated heterocycles. The van der Waals surface area contributed by atoms with Gasteiger partial charge in [0.2, 0.25) is 0 Å². The number of hydrogen-bond acceptors (Lipinski definition) is 6. The van der Waals surface area contributed by atoms with Crippen molar-refractivity contribution in [2.75, 3.05) is 23.0 Å². The monoisotopic (exact) mass is 328 g/mol. The number of carbonyl (C=O) groups excluding carboxylic acids is 1. The molecule has 4 rings (SSSR count). The number of ether oxygens (including phenoxy) is 1. The minimum Gasteiger partial charge on any atom is -0.443 e. The van der Waals surface area contributed by atoms with Gasteiger partial charge in [-0.15, -0.1) is 0 Å². The molecule has 2 N–H and O–H groups in total. The fraction of sp³-hybridized carbons (Fsp3) is 0.438. The van der Waals surface area contributed by atoms with Crippen molar-refractivity contribution in [3.05, 3.63) is 35.9 Å². The average molecular weight is 328 g/mol. The van der Waals surface area contributed by atoms with Gasteiger partial charge in [-0.2, -0.15) is 5.10 Å². The standard InChI is InChI=1S/C16H20N6O2/c1-16(2,3)24-15(23)21-8-9-22-14-11(21)5-6-17-13(14)12(20-22)10-4-7-18-19-10/h4-7,12,20H,8-9H2,1-3H3,(H,18,19). The van der Waals surface area contributed by atoms with E-state index in [0.717, 1.165) is 22.8 Å². The third-order valence-corrected chi connectivity index (χ3v) is 4.04. The molecular formula is C16H20N6O2. The zero-order chi connectivity index (χ0) is 16.9. The Morgan fingerprint density at radius 1 is 1.29 bits per heavy atom. The van der Waals surface area contributed by atoms with Crippen LogP contribution in [0.1, 0.15) is 38.2 Å². The number of amides is 1. The second kappa shape index (κ2) is 5.20. The lowest BCUT2D eigenvalue weighted by molar-refractivity contribution is 0.0580. The highest BCUT2D eigenvalue weighted by Crippen LogP contribution is 2.43. The molecule has 0 spiro atoms. The van der Waals surface area contributed by atoms with E-state index in [4.69, 9.17) is 4.74 Å². The van der Waals surface area contributed by atoms with Crippen LogP contribution in [0.4, 0.5) is 16.2 Å². The number of aromatic amines is 1. The number of nitrogens with zero attached hydrogens (tertiary/aromatic N) is 4. The number of carbonyl (C=O) groups is 1. The minimum absolute atomic E-state index is 0.0963. The predicted molar refractivity (Wildman–Crippen MR) is 88.7 cm³/mol. The van der Waals surface area contributed by atoms with Gasteiger partial charge in [-0.05, 0) is 32.9 Å². The van der Waals surface area contributed by atoms with Crippen molar-refractivity contribution in [1.29, 1.82) is 0 Å². The Morgan fingerprint density at radius 3 is 2.83 bits per heavy atom. The molecule has 0 radical (unpaired) electrons. The van der Waals surface area contributed by atoms with Gasteiger partial charge in [-0.25, -0.2) is 10.2 Å². The number of hydrazine groups is 1. The van der Waals surface area contributed by atoms with Crippen molar-refractivity contribution >= 4 is 17.5 Å². The number of anilines is 2. The van der Waals surface area contributed by atoms with Crippen LogP contribution < -0.4 is 15.3 Å². The molecule has 0 aliphatic carbocycles. The van der Waals surface area contributed by atoms with E-state index in [0.29, 0.717) is 13.1 Å². The topological polar surface area (TPSA) is 86.4 Å². The van der Waals surface area contributed by atoms with Crippen molar-refractivity contribution < 1.29 is 9.53 Å². The zero-order valence-electron chi connectivity index (χ0n) is 13.9. The normalized spacial score (nSPS) is 19.4. The van der Waals surface area contributed by atoms with Gasteiger partial charge in [0, 0.05) is 18.9 Å². The van der Waals surface area contributed by atoms with Crippen LogP contribution in [-0.4, -0.2) is 40.0 Å². The second-order valence-electron chi connectivity index (χ2n) is 6.92. The number of hydrogen-bond donors (Lipinski definition) is 2. The van der Waals surface area contributed by atoms with Gasteiger partial charge >= 0.3 is 6.09 Å². The number of aromatic nitrogens is 3. The highest BCUT2D eigenvalue weighted by molar-refractivity contribution is 5.95. The van der Waals surface area contributed by atoms with Crippen LogP contribution in [0.25, 0.3) is 0 Å². The molecule has 0 aromatic carbocycles. The quantitative estimate of drug-likeness (QED) is 0.832. The van der Waals surface area contributed by atoms with Gasteiger partial charge in [0.25, 0.3) is 0 Å². The SMILES string of the molecule is CC(C)(C)OC(=O)N1CCN2NC(c3ccn[nH]3)c3nccc1c32. The van der Waals surface area contributed by atoms with Gasteiger partial charge in [-0.1, -0.05) is 0 Å². The molecule has 126 valence electrons. The summed E-state index contributed by atoms with van der Waals surface area (Å²) in [6, 6.07) is 3.68. The third kappa shape index (κ3) is 2.39. The van der Waals surface area contributed by atoms with E-state index in [1.54, 1.807) is 17.3 Å². The summed E-state index contributed by atoms with van der Waals surface area (Å²) in [5, 5.41) is 9.05. The molecular weight excluding hydrogens is 308 g/mol. The number of pyridine rings is 1.